The Morgan fingerprint density at radius 2 is 1.70 bits per heavy atom. The van der Waals surface area contributed by atoms with Crippen LogP contribution in [0, 0.1) is 22.2 Å². The molecule has 0 aliphatic heterocycles. The van der Waals surface area contributed by atoms with Crippen molar-refractivity contribution in [1.82, 2.24) is 0 Å². The summed E-state index contributed by atoms with van der Waals surface area (Å²) in [4.78, 5) is 12.5. The fraction of sp³-hybridized carbons (Fsp3) is 0.933. The normalized spacial score (nSPS) is 42.7. The van der Waals surface area contributed by atoms with Gasteiger partial charge >= 0.3 is 21.3 Å². The van der Waals surface area contributed by atoms with E-state index in [9.17, 15) is 22.0 Å². The standard InChI is InChI=1S/C15H22F2O5S/c1-12-3-10-4-13(2,6-12)8-14(5-10,7-12)11(18)22-9-15(16,17)23(19,20)21/h10H,3-9H2,1-2H3,(H,19,20,21). The fourth-order valence-corrected chi connectivity index (χ4v) is 6.26. The lowest BCUT2D eigenvalue weighted by atomic mass is 9.40. The van der Waals surface area contributed by atoms with Crippen molar-refractivity contribution >= 4 is 16.1 Å². The summed E-state index contributed by atoms with van der Waals surface area (Å²) in [7, 11) is -5.59. The molecule has 0 aromatic heterocycles. The summed E-state index contributed by atoms with van der Waals surface area (Å²) in [6.45, 7) is 2.62. The molecule has 4 fully saturated rings. The first-order valence-electron chi connectivity index (χ1n) is 7.81. The highest BCUT2D eigenvalue weighted by Gasteiger charge is 2.63. The van der Waals surface area contributed by atoms with Gasteiger partial charge < -0.3 is 4.74 Å². The number of rotatable bonds is 4. The third kappa shape index (κ3) is 2.77. The van der Waals surface area contributed by atoms with Gasteiger partial charge in [0.25, 0.3) is 0 Å². The highest BCUT2D eigenvalue weighted by molar-refractivity contribution is 7.86. The predicted molar refractivity (Wildman–Crippen MR) is 77.3 cm³/mol. The van der Waals surface area contributed by atoms with Crippen LogP contribution >= 0.6 is 0 Å². The molecule has 4 rings (SSSR count). The van der Waals surface area contributed by atoms with Gasteiger partial charge in [0.15, 0.2) is 6.61 Å². The molecule has 0 aromatic carbocycles. The zero-order chi connectivity index (χ0) is 17.3. The Morgan fingerprint density at radius 1 is 1.17 bits per heavy atom. The number of esters is 1. The van der Waals surface area contributed by atoms with Gasteiger partial charge in [0, 0.05) is 0 Å². The summed E-state index contributed by atoms with van der Waals surface area (Å²) in [6, 6.07) is 0. The van der Waals surface area contributed by atoms with Gasteiger partial charge in [-0.2, -0.15) is 17.2 Å². The Labute approximate surface area is 134 Å². The number of hydrogen-bond donors (Lipinski definition) is 1. The lowest BCUT2D eigenvalue weighted by Gasteiger charge is -2.64. The lowest BCUT2D eigenvalue weighted by Crippen LogP contribution is -2.58. The molecule has 132 valence electrons. The van der Waals surface area contributed by atoms with Crippen LogP contribution in [0.25, 0.3) is 0 Å². The Hall–Kier alpha value is -0.760. The number of carbonyl (C=O) groups is 1. The molecule has 2 unspecified atom stereocenters. The van der Waals surface area contributed by atoms with E-state index in [2.05, 4.69) is 18.6 Å². The van der Waals surface area contributed by atoms with Crippen LogP contribution in [0.5, 0.6) is 0 Å². The van der Waals surface area contributed by atoms with E-state index in [0.717, 1.165) is 19.3 Å². The summed E-state index contributed by atoms with van der Waals surface area (Å²) in [6.07, 6.45) is 4.92. The number of carbonyl (C=O) groups excluding carboxylic acids is 1. The topological polar surface area (TPSA) is 80.7 Å². The largest absolute Gasteiger partial charge is 0.458 e. The molecule has 0 radical (unpaired) electrons. The molecule has 2 atom stereocenters. The van der Waals surface area contributed by atoms with Crippen molar-refractivity contribution in [3.05, 3.63) is 0 Å². The number of ether oxygens (including phenoxy) is 1. The fourth-order valence-electron chi connectivity index (χ4n) is 6.05. The van der Waals surface area contributed by atoms with E-state index < -0.39 is 33.4 Å². The van der Waals surface area contributed by atoms with Crippen molar-refractivity contribution in [2.24, 2.45) is 22.2 Å². The quantitative estimate of drug-likeness (QED) is 0.621. The van der Waals surface area contributed by atoms with Crippen LogP contribution in [0.3, 0.4) is 0 Å². The molecule has 0 heterocycles. The Kier molecular flexibility index (Phi) is 3.46. The second-order valence-electron chi connectivity index (χ2n) is 8.60. The van der Waals surface area contributed by atoms with E-state index >= 15 is 0 Å². The summed E-state index contributed by atoms with van der Waals surface area (Å²) in [5, 5.41) is -4.47. The van der Waals surface area contributed by atoms with Crippen LogP contribution < -0.4 is 0 Å². The second-order valence-corrected chi connectivity index (χ2v) is 10.1. The molecular formula is C15H22F2O5S. The Bertz CT molecular complexity index is 626. The summed E-state index contributed by atoms with van der Waals surface area (Å²) < 4.78 is 61.0. The van der Waals surface area contributed by atoms with Crippen molar-refractivity contribution in [1.29, 1.82) is 0 Å². The van der Waals surface area contributed by atoms with Gasteiger partial charge in [0.05, 0.1) is 5.41 Å². The molecule has 0 amide bonds. The number of alkyl halides is 2. The van der Waals surface area contributed by atoms with Crippen LogP contribution in [0.1, 0.15) is 52.4 Å². The maximum Gasteiger partial charge on any atom is 0.402 e. The molecule has 4 aliphatic carbocycles. The molecule has 1 N–H and O–H groups in total. The van der Waals surface area contributed by atoms with Gasteiger partial charge in [-0.05, 0) is 55.3 Å². The third-order valence-electron chi connectivity index (χ3n) is 5.81. The van der Waals surface area contributed by atoms with Crippen molar-refractivity contribution in [3.63, 3.8) is 0 Å². The van der Waals surface area contributed by atoms with Gasteiger partial charge in [-0.25, -0.2) is 0 Å². The van der Waals surface area contributed by atoms with E-state index in [1.807, 2.05) is 0 Å². The zero-order valence-electron chi connectivity index (χ0n) is 13.3. The average molecular weight is 352 g/mol. The first-order chi connectivity index (χ1) is 10.3. The molecule has 8 heteroatoms. The third-order valence-corrected chi connectivity index (χ3v) is 6.68. The number of halogens is 2. The number of hydrogen-bond acceptors (Lipinski definition) is 4. The molecule has 23 heavy (non-hydrogen) atoms. The van der Waals surface area contributed by atoms with Gasteiger partial charge in [-0.15, -0.1) is 0 Å². The van der Waals surface area contributed by atoms with E-state index in [1.165, 1.54) is 0 Å². The minimum absolute atomic E-state index is 0.0127. The molecule has 4 aliphatic rings. The lowest BCUT2D eigenvalue weighted by molar-refractivity contribution is -0.195. The van der Waals surface area contributed by atoms with Gasteiger partial charge in [-0.1, -0.05) is 13.8 Å². The van der Waals surface area contributed by atoms with Crippen molar-refractivity contribution < 1.29 is 31.3 Å². The highest BCUT2D eigenvalue weighted by atomic mass is 32.2. The Balaban J connectivity index is 1.78. The van der Waals surface area contributed by atoms with Crippen molar-refractivity contribution in [2.75, 3.05) is 6.61 Å². The monoisotopic (exact) mass is 352 g/mol. The first-order valence-corrected chi connectivity index (χ1v) is 9.25. The van der Waals surface area contributed by atoms with E-state index in [1.54, 1.807) is 0 Å². The van der Waals surface area contributed by atoms with Crippen LogP contribution in [-0.2, 0) is 19.6 Å². The van der Waals surface area contributed by atoms with Crippen LogP contribution in [0.2, 0.25) is 0 Å². The van der Waals surface area contributed by atoms with Gasteiger partial charge in [-0.3, -0.25) is 9.35 Å². The van der Waals surface area contributed by atoms with Gasteiger partial charge in [0.2, 0.25) is 0 Å². The van der Waals surface area contributed by atoms with Crippen molar-refractivity contribution in [3.8, 4) is 0 Å². The average Bonchev–Trinajstić information content (AvgIpc) is 2.29. The molecule has 0 saturated heterocycles. The van der Waals surface area contributed by atoms with Crippen LogP contribution in [-0.4, -0.2) is 30.8 Å². The maximum atomic E-state index is 13.3. The molecule has 5 nitrogen and oxygen atoms in total. The smallest absolute Gasteiger partial charge is 0.402 e. The second kappa shape index (κ2) is 4.65. The first kappa shape index (κ1) is 17.1. The summed E-state index contributed by atoms with van der Waals surface area (Å²) >= 11 is 0. The van der Waals surface area contributed by atoms with E-state index in [-0.39, 0.29) is 10.8 Å². The van der Waals surface area contributed by atoms with Crippen LogP contribution in [0.4, 0.5) is 8.78 Å². The summed E-state index contributed by atoms with van der Waals surface area (Å²) in [5.41, 5.74) is -0.768. The minimum atomic E-state index is -5.59. The highest BCUT2D eigenvalue weighted by Crippen LogP contribution is 2.69. The van der Waals surface area contributed by atoms with Gasteiger partial charge in [0.1, 0.15) is 0 Å². The molecule has 0 aromatic rings. The van der Waals surface area contributed by atoms with Crippen LogP contribution in [0.15, 0.2) is 0 Å². The maximum absolute atomic E-state index is 13.3. The summed E-state index contributed by atoms with van der Waals surface area (Å²) in [5.74, 6) is -0.363. The molecule has 4 saturated carbocycles. The van der Waals surface area contributed by atoms with Crippen molar-refractivity contribution in [2.45, 2.75) is 57.6 Å². The minimum Gasteiger partial charge on any atom is -0.458 e. The van der Waals surface area contributed by atoms with E-state index in [0.29, 0.717) is 25.2 Å². The predicted octanol–water partition coefficient (Wildman–Crippen LogP) is 3.01. The zero-order valence-corrected chi connectivity index (χ0v) is 14.1. The Morgan fingerprint density at radius 3 is 2.13 bits per heavy atom. The molecular weight excluding hydrogens is 330 g/mol. The molecule has 4 bridgehead atoms. The SMILES string of the molecule is CC12CC3CC(C)(C1)CC(C(=O)OCC(F)(F)S(=O)(=O)O)(C3)C2. The molecule has 0 spiro atoms. The van der Waals surface area contributed by atoms with E-state index in [4.69, 9.17) is 4.55 Å².